The quantitative estimate of drug-likeness (QED) is 0.475. The van der Waals surface area contributed by atoms with Crippen molar-refractivity contribution in [2.75, 3.05) is 23.6 Å². The summed E-state index contributed by atoms with van der Waals surface area (Å²) >= 11 is 0. The minimum Gasteiger partial charge on any atom is -0.494 e. The third-order valence-electron chi connectivity index (χ3n) is 5.61. The van der Waals surface area contributed by atoms with E-state index in [9.17, 15) is 13.5 Å². The number of anilines is 1. The number of aromatic nitrogens is 1. The van der Waals surface area contributed by atoms with Gasteiger partial charge in [-0.05, 0) is 68.8 Å². The monoisotopic (exact) mass is 440 g/mol. The van der Waals surface area contributed by atoms with E-state index in [2.05, 4.69) is 31.7 Å². The minimum absolute atomic E-state index is 0.00373. The smallest absolute Gasteiger partial charge is 0.232 e. The first-order valence-electron chi connectivity index (χ1n) is 10.6. The average molecular weight is 441 g/mol. The summed E-state index contributed by atoms with van der Waals surface area (Å²) in [6.45, 7) is 4.87. The van der Waals surface area contributed by atoms with E-state index in [1.165, 1.54) is 24.8 Å². The van der Waals surface area contributed by atoms with Gasteiger partial charge in [-0.2, -0.15) is 0 Å². The van der Waals surface area contributed by atoms with Gasteiger partial charge in [0.05, 0.1) is 17.0 Å². The number of sulfonamides is 1. The number of aliphatic imine (C=N–C) groups is 1. The van der Waals surface area contributed by atoms with Gasteiger partial charge in [0.2, 0.25) is 10.0 Å². The van der Waals surface area contributed by atoms with Gasteiger partial charge in [0.15, 0.2) is 5.88 Å². The zero-order valence-corrected chi connectivity index (χ0v) is 18.5. The molecule has 0 atom stereocenters. The maximum atomic E-state index is 11.9. The molecule has 8 heteroatoms. The van der Waals surface area contributed by atoms with Crippen molar-refractivity contribution in [3.63, 3.8) is 0 Å². The van der Waals surface area contributed by atoms with E-state index in [1.807, 2.05) is 12.1 Å². The van der Waals surface area contributed by atoms with E-state index in [-0.39, 0.29) is 11.6 Å². The molecule has 0 saturated carbocycles. The van der Waals surface area contributed by atoms with E-state index in [0.29, 0.717) is 22.2 Å². The molecule has 1 fully saturated rings. The van der Waals surface area contributed by atoms with Crippen LogP contribution in [0.5, 0.6) is 5.88 Å². The van der Waals surface area contributed by atoms with Gasteiger partial charge in [-0.25, -0.2) is 8.42 Å². The predicted octanol–water partition coefficient (Wildman–Crippen LogP) is 4.37. The van der Waals surface area contributed by atoms with Crippen LogP contribution in [0.3, 0.4) is 0 Å². The van der Waals surface area contributed by atoms with E-state index >= 15 is 0 Å². The molecule has 164 valence electrons. The topological polar surface area (TPSA) is 97.8 Å². The SMILES string of the molecule is CCS(=O)(=O)Nc1ccc2[nH]c(O)c(C=Nc3ccc(CN4CCCCC4)cc3)c2c1. The molecule has 0 bridgehead atoms. The number of rotatable bonds is 7. The maximum Gasteiger partial charge on any atom is 0.232 e. The fourth-order valence-corrected chi connectivity index (χ4v) is 4.48. The molecule has 4 rings (SSSR count). The van der Waals surface area contributed by atoms with Crippen LogP contribution in [0.2, 0.25) is 0 Å². The number of nitrogens with one attached hydrogen (secondary N) is 2. The third kappa shape index (κ3) is 5.26. The molecule has 7 nitrogen and oxygen atoms in total. The first-order valence-corrected chi connectivity index (χ1v) is 12.3. The Balaban J connectivity index is 1.52. The second kappa shape index (κ2) is 9.11. The van der Waals surface area contributed by atoms with Gasteiger partial charge < -0.3 is 10.1 Å². The Morgan fingerprint density at radius 3 is 2.58 bits per heavy atom. The summed E-state index contributed by atoms with van der Waals surface area (Å²) in [5, 5.41) is 11.0. The van der Waals surface area contributed by atoms with Crippen molar-refractivity contribution in [1.29, 1.82) is 0 Å². The highest BCUT2D eigenvalue weighted by molar-refractivity contribution is 7.92. The van der Waals surface area contributed by atoms with Gasteiger partial charge >= 0.3 is 0 Å². The number of benzene rings is 2. The summed E-state index contributed by atoms with van der Waals surface area (Å²) in [5.41, 5.74) is 3.73. The first-order chi connectivity index (χ1) is 14.9. The van der Waals surface area contributed by atoms with Gasteiger partial charge in [0, 0.05) is 29.3 Å². The lowest BCUT2D eigenvalue weighted by molar-refractivity contribution is 0.221. The molecule has 1 aliphatic heterocycles. The number of piperidine rings is 1. The minimum atomic E-state index is -3.38. The van der Waals surface area contributed by atoms with Crippen molar-refractivity contribution in [2.45, 2.75) is 32.7 Å². The van der Waals surface area contributed by atoms with Crippen molar-refractivity contribution in [2.24, 2.45) is 4.99 Å². The van der Waals surface area contributed by atoms with Crippen LogP contribution in [-0.4, -0.2) is 48.5 Å². The molecule has 1 aliphatic rings. The Kier molecular flexibility index (Phi) is 6.29. The molecule has 2 aromatic carbocycles. The van der Waals surface area contributed by atoms with Crippen molar-refractivity contribution >= 4 is 38.5 Å². The number of aromatic hydroxyl groups is 1. The zero-order valence-electron chi connectivity index (χ0n) is 17.6. The van der Waals surface area contributed by atoms with Gasteiger partial charge in [-0.1, -0.05) is 18.6 Å². The van der Waals surface area contributed by atoms with Crippen LogP contribution in [0.25, 0.3) is 10.9 Å². The molecule has 0 amide bonds. The number of H-pyrrole nitrogens is 1. The van der Waals surface area contributed by atoms with Gasteiger partial charge in [0.1, 0.15) is 0 Å². The van der Waals surface area contributed by atoms with Crippen molar-refractivity contribution in [3.8, 4) is 5.88 Å². The van der Waals surface area contributed by atoms with Crippen molar-refractivity contribution in [1.82, 2.24) is 9.88 Å². The summed E-state index contributed by atoms with van der Waals surface area (Å²) in [6, 6.07) is 13.2. The van der Waals surface area contributed by atoms with Crippen LogP contribution in [0.15, 0.2) is 47.5 Å². The van der Waals surface area contributed by atoms with E-state index in [4.69, 9.17) is 0 Å². The standard InChI is InChI=1S/C23H28N4O3S/c1-2-31(29,30)26-19-10-11-22-20(14-19)21(23(28)25-22)15-24-18-8-6-17(7-9-18)16-27-12-4-3-5-13-27/h6-11,14-15,25-26,28H,2-5,12-13,16H2,1H3. The van der Waals surface area contributed by atoms with Gasteiger partial charge in [0.25, 0.3) is 0 Å². The summed E-state index contributed by atoms with van der Waals surface area (Å²) in [4.78, 5) is 9.90. The first kappa shape index (κ1) is 21.4. The normalized spacial score (nSPS) is 15.6. The molecule has 0 aliphatic carbocycles. The Morgan fingerprint density at radius 1 is 1.13 bits per heavy atom. The van der Waals surface area contributed by atoms with Crippen LogP contribution < -0.4 is 4.72 Å². The fraction of sp³-hybridized carbons (Fsp3) is 0.348. The number of hydrogen-bond donors (Lipinski definition) is 3. The highest BCUT2D eigenvalue weighted by atomic mass is 32.2. The lowest BCUT2D eigenvalue weighted by atomic mass is 10.1. The Bertz CT molecular complexity index is 1180. The van der Waals surface area contributed by atoms with Gasteiger partial charge in [-0.3, -0.25) is 14.6 Å². The maximum absolute atomic E-state index is 11.9. The Labute approximate surface area is 182 Å². The Morgan fingerprint density at radius 2 is 1.87 bits per heavy atom. The number of likely N-dealkylation sites (tertiary alicyclic amines) is 1. The second-order valence-electron chi connectivity index (χ2n) is 7.91. The summed E-state index contributed by atoms with van der Waals surface area (Å²) in [7, 11) is -3.38. The second-order valence-corrected chi connectivity index (χ2v) is 9.93. The molecule has 0 radical (unpaired) electrons. The molecule has 3 aromatic rings. The van der Waals surface area contributed by atoms with E-state index in [0.717, 1.165) is 25.3 Å². The molecule has 1 aromatic heterocycles. The molecule has 0 spiro atoms. The lowest BCUT2D eigenvalue weighted by Crippen LogP contribution is -2.28. The van der Waals surface area contributed by atoms with Crippen LogP contribution in [-0.2, 0) is 16.6 Å². The van der Waals surface area contributed by atoms with E-state index < -0.39 is 10.0 Å². The van der Waals surface area contributed by atoms with Crippen molar-refractivity contribution in [3.05, 3.63) is 53.6 Å². The average Bonchev–Trinajstić information content (AvgIpc) is 3.08. The number of hydrogen-bond acceptors (Lipinski definition) is 5. The zero-order chi connectivity index (χ0) is 21.8. The number of aromatic amines is 1. The van der Waals surface area contributed by atoms with Crippen LogP contribution in [0, 0.1) is 0 Å². The van der Waals surface area contributed by atoms with Crippen molar-refractivity contribution < 1.29 is 13.5 Å². The summed E-state index contributed by atoms with van der Waals surface area (Å²) < 4.78 is 26.3. The summed E-state index contributed by atoms with van der Waals surface area (Å²) in [5.74, 6) is -0.0122. The van der Waals surface area contributed by atoms with Crippen LogP contribution >= 0.6 is 0 Å². The largest absolute Gasteiger partial charge is 0.494 e. The molecule has 3 N–H and O–H groups in total. The fourth-order valence-electron chi connectivity index (χ4n) is 3.85. The molecule has 1 saturated heterocycles. The van der Waals surface area contributed by atoms with Gasteiger partial charge in [-0.15, -0.1) is 0 Å². The third-order valence-corrected chi connectivity index (χ3v) is 6.91. The number of nitrogens with zero attached hydrogens (tertiary/aromatic N) is 2. The molecular weight excluding hydrogens is 412 g/mol. The molecule has 31 heavy (non-hydrogen) atoms. The highest BCUT2D eigenvalue weighted by Gasteiger charge is 2.13. The molecular formula is C23H28N4O3S. The lowest BCUT2D eigenvalue weighted by Gasteiger charge is -2.26. The highest BCUT2D eigenvalue weighted by Crippen LogP contribution is 2.29. The summed E-state index contributed by atoms with van der Waals surface area (Å²) in [6.07, 6.45) is 5.49. The molecule has 0 unspecified atom stereocenters. The Hall–Kier alpha value is -2.84. The molecule has 2 heterocycles. The van der Waals surface area contributed by atoms with Crippen LogP contribution in [0.1, 0.15) is 37.3 Å². The predicted molar refractivity (Wildman–Crippen MR) is 126 cm³/mol. The number of fused-ring (bicyclic) bond motifs is 1. The van der Waals surface area contributed by atoms with E-state index in [1.54, 1.807) is 31.3 Å². The van der Waals surface area contributed by atoms with Crippen LogP contribution in [0.4, 0.5) is 11.4 Å².